The molecule has 1 amide bonds. The molecule has 0 spiro atoms. The largest absolute Gasteiger partial charge is 0.372 e. The molecule has 0 saturated heterocycles. The van der Waals surface area contributed by atoms with Crippen molar-refractivity contribution in [1.29, 1.82) is 0 Å². The minimum Gasteiger partial charge on any atom is -0.372 e. The summed E-state index contributed by atoms with van der Waals surface area (Å²) in [5.74, 6) is 0. The maximum absolute atomic E-state index is 8.58. The lowest BCUT2D eigenvalue weighted by Crippen LogP contribution is -1.82. The van der Waals surface area contributed by atoms with E-state index in [-0.39, 0.29) is 6.41 Å². The normalized spacial score (nSPS) is 7.30. The van der Waals surface area contributed by atoms with E-state index in [1.807, 2.05) is 12.1 Å². The SMILES string of the molecule is Clc1ccccn1.NC=O. The van der Waals surface area contributed by atoms with Gasteiger partial charge in [0.15, 0.2) is 0 Å². The van der Waals surface area contributed by atoms with E-state index in [4.69, 9.17) is 16.4 Å². The Morgan fingerprint density at radius 1 is 1.60 bits per heavy atom. The van der Waals surface area contributed by atoms with Crippen LogP contribution >= 0.6 is 11.6 Å². The van der Waals surface area contributed by atoms with E-state index in [9.17, 15) is 0 Å². The molecule has 54 valence electrons. The van der Waals surface area contributed by atoms with E-state index in [2.05, 4.69) is 10.7 Å². The van der Waals surface area contributed by atoms with E-state index in [0.717, 1.165) is 0 Å². The molecule has 0 aromatic carbocycles. The lowest BCUT2D eigenvalue weighted by molar-refractivity contribution is -0.106. The number of primary amides is 1. The molecule has 0 aliphatic heterocycles. The summed E-state index contributed by atoms with van der Waals surface area (Å²) in [6.07, 6.45) is 1.91. The molecule has 10 heavy (non-hydrogen) atoms. The first-order chi connectivity index (χ1) is 4.81. The monoisotopic (exact) mass is 158 g/mol. The number of hydrogen-bond donors (Lipinski definition) is 1. The van der Waals surface area contributed by atoms with Crippen LogP contribution in [0, 0.1) is 0 Å². The van der Waals surface area contributed by atoms with Gasteiger partial charge in [0.05, 0.1) is 0 Å². The minimum atomic E-state index is 0.250. The molecule has 1 rings (SSSR count). The summed E-state index contributed by atoms with van der Waals surface area (Å²) in [5, 5.41) is 0.544. The Morgan fingerprint density at radius 3 is 2.40 bits per heavy atom. The highest BCUT2D eigenvalue weighted by molar-refractivity contribution is 6.29. The molecule has 0 radical (unpaired) electrons. The van der Waals surface area contributed by atoms with Crippen LogP contribution in [-0.4, -0.2) is 11.4 Å². The zero-order chi connectivity index (χ0) is 7.82. The van der Waals surface area contributed by atoms with Gasteiger partial charge in [-0.05, 0) is 12.1 Å². The topological polar surface area (TPSA) is 56.0 Å². The molecule has 2 N–H and O–H groups in total. The fourth-order valence-electron chi connectivity index (χ4n) is 0.342. The molecule has 3 nitrogen and oxygen atoms in total. The highest BCUT2D eigenvalue weighted by atomic mass is 35.5. The van der Waals surface area contributed by atoms with Crippen LogP contribution < -0.4 is 5.73 Å². The Labute approximate surface area is 63.8 Å². The van der Waals surface area contributed by atoms with Crippen LogP contribution in [0.3, 0.4) is 0 Å². The van der Waals surface area contributed by atoms with Crippen molar-refractivity contribution in [2.75, 3.05) is 0 Å². The first-order valence-corrected chi connectivity index (χ1v) is 2.91. The maximum atomic E-state index is 8.58. The Bertz CT molecular complexity index is 178. The Balaban J connectivity index is 0.000000236. The highest BCUT2D eigenvalue weighted by Crippen LogP contribution is 1.98. The molecular weight excluding hydrogens is 152 g/mol. The number of nitrogens with zero attached hydrogens (tertiary/aromatic N) is 1. The highest BCUT2D eigenvalue weighted by Gasteiger charge is 1.76. The fourth-order valence-corrected chi connectivity index (χ4v) is 0.471. The van der Waals surface area contributed by atoms with Crippen molar-refractivity contribution in [1.82, 2.24) is 4.98 Å². The predicted molar refractivity (Wildman–Crippen MR) is 39.5 cm³/mol. The van der Waals surface area contributed by atoms with Crippen molar-refractivity contribution in [3.8, 4) is 0 Å². The molecule has 1 heterocycles. The van der Waals surface area contributed by atoms with Gasteiger partial charge in [0, 0.05) is 6.20 Å². The third-order valence-corrected chi connectivity index (χ3v) is 0.852. The summed E-state index contributed by atoms with van der Waals surface area (Å²) < 4.78 is 0. The third kappa shape index (κ3) is 5.05. The van der Waals surface area contributed by atoms with Gasteiger partial charge in [-0.1, -0.05) is 17.7 Å². The van der Waals surface area contributed by atoms with Crippen molar-refractivity contribution < 1.29 is 4.79 Å². The average molecular weight is 159 g/mol. The average Bonchev–Trinajstić information content (AvgIpc) is 1.91. The molecule has 0 unspecified atom stereocenters. The van der Waals surface area contributed by atoms with E-state index in [1.165, 1.54) is 0 Å². The quantitative estimate of drug-likeness (QED) is 0.449. The van der Waals surface area contributed by atoms with E-state index >= 15 is 0 Å². The molecule has 0 bridgehead atoms. The summed E-state index contributed by atoms with van der Waals surface area (Å²) in [6.45, 7) is 0. The second-order valence-corrected chi connectivity index (χ2v) is 1.68. The first-order valence-electron chi connectivity index (χ1n) is 2.53. The van der Waals surface area contributed by atoms with E-state index in [0.29, 0.717) is 5.15 Å². The number of nitrogens with two attached hydrogens (primary N) is 1. The number of carbonyl (C=O) groups is 1. The molecule has 1 aromatic rings. The second-order valence-electron chi connectivity index (χ2n) is 1.29. The van der Waals surface area contributed by atoms with E-state index < -0.39 is 0 Å². The Kier molecular flexibility index (Phi) is 5.38. The van der Waals surface area contributed by atoms with Crippen LogP contribution in [0.4, 0.5) is 0 Å². The molecule has 1 aromatic heterocycles. The predicted octanol–water partition coefficient (Wildman–Crippen LogP) is 0.836. The lowest BCUT2D eigenvalue weighted by atomic mass is 10.5. The van der Waals surface area contributed by atoms with Crippen molar-refractivity contribution in [2.45, 2.75) is 0 Å². The van der Waals surface area contributed by atoms with Gasteiger partial charge in [-0.2, -0.15) is 0 Å². The van der Waals surface area contributed by atoms with Crippen LogP contribution in [0.15, 0.2) is 24.4 Å². The molecule has 4 heteroatoms. The first kappa shape index (κ1) is 8.91. The zero-order valence-electron chi connectivity index (χ0n) is 5.20. The zero-order valence-corrected chi connectivity index (χ0v) is 5.95. The van der Waals surface area contributed by atoms with Gasteiger partial charge in [0.25, 0.3) is 0 Å². The number of halogens is 1. The van der Waals surface area contributed by atoms with Gasteiger partial charge in [-0.15, -0.1) is 0 Å². The number of pyridine rings is 1. The van der Waals surface area contributed by atoms with Gasteiger partial charge >= 0.3 is 0 Å². The van der Waals surface area contributed by atoms with Crippen LogP contribution in [0.5, 0.6) is 0 Å². The smallest absolute Gasteiger partial charge is 0.204 e. The van der Waals surface area contributed by atoms with Crippen LogP contribution in [-0.2, 0) is 4.79 Å². The van der Waals surface area contributed by atoms with Crippen molar-refractivity contribution in [3.05, 3.63) is 29.5 Å². The van der Waals surface area contributed by atoms with Crippen LogP contribution in [0.25, 0.3) is 0 Å². The summed E-state index contributed by atoms with van der Waals surface area (Å²) in [6, 6.07) is 5.41. The number of amides is 1. The number of aromatic nitrogens is 1. The third-order valence-electron chi connectivity index (χ3n) is 0.629. The molecule has 0 fully saturated rings. The van der Waals surface area contributed by atoms with Gasteiger partial charge in [0.1, 0.15) is 5.15 Å². The Hall–Kier alpha value is -1.09. The second kappa shape index (κ2) is 6.04. The van der Waals surface area contributed by atoms with Crippen molar-refractivity contribution in [3.63, 3.8) is 0 Å². The number of carbonyl (C=O) groups excluding carboxylic acids is 1. The van der Waals surface area contributed by atoms with Gasteiger partial charge in [-0.3, -0.25) is 4.79 Å². The summed E-state index contributed by atoms with van der Waals surface area (Å²) in [5.41, 5.74) is 4.17. The molecular formula is C6H7ClN2O. The fraction of sp³-hybridized carbons (Fsp3) is 0. The minimum absolute atomic E-state index is 0.250. The van der Waals surface area contributed by atoms with Gasteiger partial charge in [-0.25, -0.2) is 4.98 Å². The van der Waals surface area contributed by atoms with Gasteiger partial charge in [0.2, 0.25) is 6.41 Å². The summed E-state index contributed by atoms with van der Waals surface area (Å²) in [7, 11) is 0. The maximum Gasteiger partial charge on any atom is 0.204 e. The molecule has 0 aliphatic rings. The summed E-state index contributed by atoms with van der Waals surface area (Å²) in [4.78, 5) is 12.3. The van der Waals surface area contributed by atoms with Crippen LogP contribution in [0.2, 0.25) is 5.15 Å². The van der Waals surface area contributed by atoms with Crippen molar-refractivity contribution in [2.24, 2.45) is 5.73 Å². The molecule has 0 saturated carbocycles. The Morgan fingerprint density at radius 2 is 2.20 bits per heavy atom. The standard InChI is InChI=1S/C5H4ClN.CH3NO/c6-5-3-1-2-4-7-5;2-1-3/h1-4H;1H,(H2,2,3). The lowest BCUT2D eigenvalue weighted by Gasteiger charge is -1.79. The van der Waals surface area contributed by atoms with Gasteiger partial charge < -0.3 is 5.73 Å². The van der Waals surface area contributed by atoms with Crippen LogP contribution in [0.1, 0.15) is 0 Å². The molecule has 0 atom stereocenters. The number of rotatable bonds is 0. The van der Waals surface area contributed by atoms with E-state index in [1.54, 1.807) is 12.3 Å². The van der Waals surface area contributed by atoms with Crippen molar-refractivity contribution >= 4 is 18.0 Å². The molecule has 0 aliphatic carbocycles. The summed E-state index contributed by atoms with van der Waals surface area (Å²) >= 11 is 5.43. The number of hydrogen-bond acceptors (Lipinski definition) is 2.